The average molecular weight is 409 g/mol. The fourth-order valence-corrected chi connectivity index (χ4v) is 4.00. The first-order chi connectivity index (χ1) is 12.3. The summed E-state index contributed by atoms with van der Waals surface area (Å²) in [5.41, 5.74) is 5.57. The van der Waals surface area contributed by atoms with Crippen molar-refractivity contribution in [3.05, 3.63) is 65.2 Å². The fraction of sp³-hybridized carbons (Fsp3) is 0.455. The van der Waals surface area contributed by atoms with Gasteiger partial charge in [0.05, 0.1) is 12.7 Å². The lowest BCUT2D eigenvalue weighted by Crippen LogP contribution is -2.46. The molecule has 0 saturated carbocycles. The van der Waals surface area contributed by atoms with Gasteiger partial charge >= 0.3 is 0 Å². The number of rotatable bonds is 4. The van der Waals surface area contributed by atoms with E-state index in [1.54, 1.807) is 0 Å². The Balaban J connectivity index is 0.00000131. The van der Waals surface area contributed by atoms with E-state index in [0.29, 0.717) is 0 Å². The van der Waals surface area contributed by atoms with Gasteiger partial charge in [-0.1, -0.05) is 42.0 Å². The van der Waals surface area contributed by atoms with Crippen LogP contribution in [0.1, 0.15) is 29.2 Å². The summed E-state index contributed by atoms with van der Waals surface area (Å²) in [5.74, 6) is 0. The summed E-state index contributed by atoms with van der Waals surface area (Å²) in [5, 5.41) is 0. The number of hydrogen-bond acceptors (Lipinski definition) is 3. The molecule has 0 amide bonds. The van der Waals surface area contributed by atoms with Gasteiger partial charge in [0.25, 0.3) is 0 Å². The molecule has 1 saturated heterocycles. The molecule has 0 aromatic heterocycles. The van der Waals surface area contributed by atoms with Crippen molar-refractivity contribution < 1.29 is 4.74 Å². The molecule has 2 aliphatic rings. The molecule has 2 heterocycles. The van der Waals surface area contributed by atoms with E-state index in [0.717, 1.165) is 52.2 Å². The Labute approximate surface area is 175 Å². The molecule has 5 heteroatoms. The molecule has 4 rings (SSSR count). The summed E-state index contributed by atoms with van der Waals surface area (Å²) in [6.45, 7) is 8.65. The Hall–Kier alpha value is -1.26. The van der Waals surface area contributed by atoms with Crippen LogP contribution in [-0.4, -0.2) is 44.2 Å². The van der Waals surface area contributed by atoms with E-state index in [4.69, 9.17) is 4.74 Å². The molecule has 1 unspecified atom stereocenters. The number of halogens is 2. The summed E-state index contributed by atoms with van der Waals surface area (Å²) in [4.78, 5) is 5.09. The van der Waals surface area contributed by atoms with Crippen LogP contribution in [0, 0.1) is 6.92 Å². The van der Waals surface area contributed by atoms with E-state index in [9.17, 15) is 0 Å². The maximum absolute atomic E-state index is 6.06. The third kappa shape index (κ3) is 5.39. The first-order valence-electron chi connectivity index (χ1n) is 9.53. The number of anilines is 1. The van der Waals surface area contributed by atoms with Crippen LogP contribution < -0.4 is 4.90 Å². The van der Waals surface area contributed by atoms with Crippen LogP contribution in [0.3, 0.4) is 0 Å². The van der Waals surface area contributed by atoms with Crippen molar-refractivity contribution in [3.8, 4) is 0 Å². The van der Waals surface area contributed by atoms with E-state index in [2.05, 4.69) is 65.3 Å². The van der Waals surface area contributed by atoms with Gasteiger partial charge in [0.1, 0.15) is 0 Å². The standard InChI is InChI=1S/C22H28N2O.2ClH/c1-18-6-8-20(9-7-18)24-15-13-23(14-16-24)12-10-22-21-5-3-2-4-19(21)11-17-25-22;;/h2-9,22H,10-17H2,1H3;2*1H. The zero-order chi connectivity index (χ0) is 17.1. The van der Waals surface area contributed by atoms with Gasteiger partial charge in [-0.2, -0.15) is 0 Å². The van der Waals surface area contributed by atoms with E-state index >= 15 is 0 Å². The van der Waals surface area contributed by atoms with Crippen molar-refractivity contribution >= 4 is 30.5 Å². The van der Waals surface area contributed by atoms with E-state index in [-0.39, 0.29) is 30.9 Å². The zero-order valence-corrected chi connectivity index (χ0v) is 17.6. The predicted molar refractivity (Wildman–Crippen MR) is 118 cm³/mol. The number of aryl methyl sites for hydroxylation is 1. The maximum Gasteiger partial charge on any atom is 0.0839 e. The second kappa shape index (κ2) is 10.3. The second-order valence-electron chi connectivity index (χ2n) is 7.26. The van der Waals surface area contributed by atoms with Gasteiger partial charge < -0.3 is 9.64 Å². The Bertz CT molecular complexity index is 700. The highest BCUT2D eigenvalue weighted by atomic mass is 35.5. The molecular weight excluding hydrogens is 379 g/mol. The van der Waals surface area contributed by atoms with Gasteiger partial charge in [0.15, 0.2) is 0 Å². The largest absolute Gasteiger partial charge is 0.373 e. The van der Waals surface area contributed by atoms with E-state index < -0.39 is 0 Å². The molecule has 0 radical (unpaired) electrons. The number of piperazine rings is 1. The monoisotopic (exact) mass is 408 g/mol. The van der Waals surface area contributed by atoms with Gasteiger partial charge in [0.2, 0.25) is 0 Å². The maximum atomic E-state index is 6.06. The third-order valence-corrected chi connectivity index (χ3v) is 5.57. The van der Waals surface area contributed by atoms with Gasteiger partial charge in [-0.15, -0.1) is 24.8 Å². The molecule has 27 heavy (non-hydrogen) atoms. The molecule has 2 aliphatic heterocycles. The number of hydrogen-bond donors (Lipinski definition) is 0. The average Bonchev–Trinajstić information content (AvgIpc) is 2.67. The van der Waals surface area contributed by atoms with Crippen LogP contribution >= 0.6 is 24.8 Å². The van der Waals surface area contributed by atoms with Crippen molar-refractivity contribution in [2.45, 2.75) is 25.9 Å². The Morgan fingerprint density at radius 1 is 0.926 bits per heavy atom. The smallest absolute Gasteiger partial charge is 0.0839 e. The summed E-state index contributed by atoms with van der Waals surface area (Å²) in [7, 11) is 0. The molecule has 1 atom stereocenters. The van der Waals surface area contributed by atoms with Crippen LogP contribution in [0.5, 0.6) is 0 Å². The fourth-order valence-electron chi connectivity index (χ4n) is 4.00. The highest BCUT2D eigenvalue weighted by Crippen LogP contribution is 2.29. The van der Waals surface area contributed by atoms with Crippen LogP contribution in [0.2, 0.25) is 0 Å². The molecule has 0 aliphatic carbocycles. The number of ether oxygens (including phenoxy) is 1. The summed E-state index contributed by atoms with van der Waals surface area (Å²) >= 11 is 0. The quantitative estimate of drug-likeness (QED) is 0.730. The lowest BCUT2D eigenvalue weighted by Gasteiger charge is -2.37. The molecule has 0 N–H and O–H groups in total. The highest BCUT2D eigenvalue weighted by molar-refractivity contribution is 5.85. The molecular formula is C22H30Cl2N2O. The topological polar surface area (TPSA) is 15.7 Å². The molecule has 0 spiro atoms. The number of nitrogens with zero attached hydrogens (tertiary/aromatic N) is 2. The van der Waals surface area contributed by atoms with Crippen LogP contribution in [0.25, 0.3) is 0 Å². The first-order valence-corrected chi connectivity index (χ1v) is 9.53. The summed E-state index contributed by atoms with van der Waals surface area (Å²) in [6.07, 6.45) is 2.43. The second-order valence-corrected chi connectivity index (χ2v) is 7.26. The van der Waals surface area contributed by atoms with Crippen molar-refractivity contribution in [1.29, 1.82) is 0 Å². The van der Waals surface area contributed by atoms with Crippen LogP contribution in [-0.2, 0) is 11.2 Å². The SMILES string of the molecule is Cc1ccc(N2CCN(CCC3OCCc4ccccc43)CC2)cc1.Cl.Cl. The first kappa shape index (κ1) is 22.0. The van der Waals surface area contributed by atoms with Gasteiger partial charge in [0, 0.05) is 38.4 Å². The lowest BCUT2D eigenvalue weighted by atomic mass is 9.95. The van der Waals surface area contributed by atoms with E-state index in [1.165, 1.54) is 22.4 Å². The van der Waals surface area contributed by atoms with Crippen molar-refractivity contribution in [3.63, 3.8) is 0 Å². The van der Waals surface area contributed by atoms with Gasteiger partial charge in [-0.3, -0.25) is 4.90 Å². The molecule has 148 valence electrons. The van der Waals surface area contributed by atoms with Crippen LogP contribution in [0.15, 0.2) is 48.5 Å². The summed E-state index contributed by atoms with van der Waals surface area (Å²) in [6, 6.07) is 17.7. The minimum Gasteiger partial charge on any atom is -0.373 e. The van der Waals surface area contributed by atoms with Gasteiger partial charge in [-0.25, -0.2) is 0 Å². The normalized spacial score (nSPS) is 19.6. The molecule has 3 nitrogen and oxygen atoms in total. The lowest BCUT2D eigenvalue weighted by molar-refractivity contribution is 0.0289. The van der Waals surface area contributed by atoms with Gasteiger partial charge in [-0.05, 0) is 43.0 Å². The van der Waals surface area contributed by atoms with Crippen LogP contribution in [0.4, 0.5) is 5.69 Å². The molecule has 2 aromatic carbocycles. The molecule has 2 aromatic rings. The summed E-state index contributed by atoms with van der Waals surface area (Å²) < 4.78 is 6.06. The van der Waals surface area contributed by atoms with Crippen molar-refractivity contribution in [2.24, 2.45) is 0 Å². The van der Waals surface area contributed by atoms with E-state index in [1.807, 2.05) is 0 Å². The minimum atomic E-state index is 0. The molecule has 1 fully saturated rings. The number of benzene rings is 2. The van der Waals surface area contributed by atoms with Crippen molar-refractivity contribution in [2.75, 3.05) is 44.2 Å². The minimum absolute atomic E-state index is 0. The third-order valence-electron chi connectivity index (χ3n) is 5.57. The number of fused-ring (bicyclic) bond motifs is 1. The zero-order valence-electron chi connectivity index (χ0n) is 16.0. The Morgan fingerprint density at radius 3 is 2.37 bits per heavy atom. The predicted octanol–water partition coefficient (Wildman–Crippen LogP) is 4.66. The highest BCUT2D eigenvalue weighted by Gasteiger charge is 2.22. The Kier molecular flexibility index (Phi) is 8.43. The molecule has 0 bridgehead atoms. The van der Waals surface area contributed by atoms with Crippen molar-refractivity contribution in [1.82, 2.24) is 4.90 Å². The Morgan fingerprint density at radius 2 is 1.63 bits per heavy atom.